The maximum atomic E-state index is 8.91. The Kier molecular flexibility index (Phi) is 2.07. The summed E-state index contributed by atoms with van der Waals surface area (Å²) in [5.74, 6) is -0.523. The molecule has 0 saturated carbocycles. The third kappa shape index (κ3) is 1.43. The van der Waals surface area contributed by atoms with Gasteiger partial charge in [0.05, 0.1) is 19.3 Å². The molecule has 0 bridgehead atoms. The Morgan fingerprint density at radius 2 is 2.00 bits per heavy atom. The molecule has 1 saturated heterocycles. The van der Waals surface area contributed by atoms with Crippen LogP contribution >= 0.6 is 0 Å². The average Bonchev–Trinajstić information content (AvgIpc) is 2.13. The molecular formula is C4H9BO4. The molecule has 1 aliphatic heterocycles. The zero-order chi connectivity index (χ0) is 6.85. The van der Waals surface area contributed by atoms with E-state index >= 15 is 0 Å². The fraction of sp³-hybridized carbons (Fsp3) is 1.00. The first-order valence-electron chi connectivity index (χ1n) is 2.84. The van der Waals surface area contributed by atoms with Crippen molar-refractivity contribution in [1.82, 2.24) is 0 Å². The molecule has 2 unspecified atom stereocenters. The lowest BCUT2D eigenvalue weighted by Crippen LogP contribution is -2.28. The lowest BCUT2D eigenvalue weighted by Gasteiger charge is -2.08. The SMILES string of the molecule is OB(O)C1COCC1O. The summed E-state index contributed by atoms with van der Waals surface area (Å²) >= 11 is 0. The highest BCUT2D eigenvalue weighted by molar-refractivity contribution is 6.43. The van der Waals surface area contributed by atoms with Gasteiger partial charge in [-0.3, -0.25) is 0 Å². The van der Waals surface area contributed by atoms with Gasteiger partial charge in [0.1, 0.15) is 0 Å². The first kappa shape index (κ1) is 7.02. The second kappa shape index (κ2) is 2.66. The minimum absolute atomic E-state index is 0.211. The molecule has 0 aromatic rings. The standard InChI is InChI=1S/C4H9BO4/c6-4-2-9-1-3(4)5(7)8/h3-4,6-8H,1-2H2. The minimum atomic E-state index is -1.46. The number of hydrogen-bond donors (Lipinski definition) is 3. The van der Waals surface area contributed by atoms with E-state index in [1.165, 1.54) is 0 Å². The number of ether oxygens (including phenoxy) is 1. The molecule has 5 heteroatoms. The topological polar surface area (TPSA) is 69.9 Å². The van der Waals surface area contributed by atoms with Crippen molar-refractivity contribution >= 4 is 7.12 Å². The van der Waals surface area contributed by atoms with Crippen LogP contribution in [0.5, 0.6) is 0 Å². The Bertz CT molecular complexity index is 96.6. The minimum Gasteiger partial charge on any atom is -0.427 e. The molecule has 0 aliphatic carbocycles. The number of hydrogen-bond acceptors (Lipinski definition) is 4. The third-order valence-corrected chi connectivity index (χ3v) is 1.48. The summed E-state index contributed by atoms with van der Waals surface area (Å²) in [6.07, 6.45) is -0.718. The van der Waals surface area contributed by atoms with E-state index in [0.717, 1.165) is 0 Å². The molecule has 0 aromatic carbocycles. The van der Waals surface area contributed by atoms with Gasteiger partial charge < -0.3 is 19.9 Å². The highest BCUT2D eigenvalue weighted by Crippen LogP contribution is 2.19. The second-order valence-electron chi connectivity index (χ2n) is 2.18. The van der Waals surface area contributed by atoms with Crippen LogP contribution in [0, 0.1) is 0 Å². The summed E-state index contributed by atoms with van der Waals surface area (Å²) in [5.41, 5.74) is 0. The van der Waals surface area contributed by atoms with Gasteiger partial charge in [-0.15, -0.1) is 0 Å². The van der Waals surface area contributed by atoms with Crippen LogP contribution in [0.15, 0.2) is 0 Å². The largest absolute Gasteiger partial charge is 0.459 e. The van der Waals surface area contributed by atoms with E-state index in [9.17, 15) is 0 Å². The van der Waals surface area contributed by atoms with E-state index < -0.39 is 19.0 Å². The summed E-state index contributed by atoms with van der Waals surface area (Å²) in [7, 11) is -1.46. The van der Waals surface area contributed by atoms with Crippen molar-refractivity contribution in [3.63, 3.8) is 0 Å². The fourth-order valence-corrected chi connectivity index (χ4v) is 0.844. The summed E-state index contributed by atoms with van der Waals surface area (Å²) in [4.78, 5) is 0. The molecule has 1 heterocycles. The van der Waals surface area contributed by atoms with Crippen molar-refractivity contribution in [3.05, 3.63) is 0 Å². The normalized spacial score (nSPS) is 35.0. The second-order valence-corrected chi connectivity index (χ2v) is 2.18. The van der Waals surface area contributed by atoms with Crippen LogP contribution in [0.3, 0.4) is 0 Å². The van der Waals surface area contributed by atoms with Crippen molar-refractivity contribution < 1.29 is 19.9 Å². The number of aliphatic hydroxyl groups is 1. The maximum Gasteiger partial charge on any atom is 0.459 e. The maximum absolute atomic E-state index is 8.91. The van der Waals surface area contributed by atoms with Gasteiger partial charge in [-0.2, -0.15) is 0 Å². The quantitative estimate of drug-likeness (QED) is 0.369. The molecule has 3 N–H and O–H groups in total. The predicted molar refractivity (Wildman–Crippen MR) is 30.8 cm³/mol. The predicted octanol–water partition coefficient (Wildman–Crippen LogP) is -1.78. The van der Waals surface area contributed by atoms with Crippen molar-refractivity contribution in [1.29, 1.82) is 0 Å². The van der Waals surface area contributed by atoms with E-state index in [1.54, 1.807) is 0 Å². The smallest absolute Gasteiger partial charge is 0.427 e. The van der Waals surface area contributed by atoms with Crippen LogP contribution in [0.25, 0.3) is 0 Å². The lowest BCUT2D eigenvalue weighted by atomic mass is 9.71. The van der Waals surface area contributed by atoms with Crippen LogP contribution in [0.1, 0.15) is 0 Å². The summed E-state index contributed by atoms with van der Waals surface area (Å²) < 4.78 is 4.76. The van der Waals surface area contributed by atoms with Gasteiger partial charge >= 0.3 is 7.12 Å². The van der Waals surface area contributed by atoms with Crippen LogP contribution < -0.4 is 0 Å². The van der Waals surface area contributed by atoms with E-state index in [4.69, 9.17) is 19.9 Å². The Morgan fingerprint density at radius 1 is 1.33 bits per heavy atom. The molecule has 0 radical (unpaired) electrons. The molecule has 1 rings (SSSR count). The lowest BCUT2D eigenvalue weighted by molar-refractivity contribution is 0.125. The molecule has 52 valence electrons. The molecule has 2 atom stereocenters. The zero-order valence-corrected chi connectivity index (χ0v) is 4.90. The highest BCUT2D eigenvalue weighted by Gasteiger charge is 2.35. The van der Waals surface area contributed by atoms with E-state index in [2.05, 4.69) is 0 Å². The van der Waals surface area contributed by atoms with Crippen molar-refractivity contribution in [3.8, 4) is 0 Å². The van der Waals surface area contributed by atoms with E-state index in [0.29, 0.717) is 0 Å². The van der Waals surface area contributed by atoms with Gasteiger partial charge in [0.2, 0.25) is 0 Å². The Morgan fingerprint density at radius 3 is 2.22 bits per heavy atom. The van der Waals surface area contributed by atoms with Gasteiger partial charge in [0, 0.05) is 5.82 Å². The monoisotopic (exact) mass is 132 g/mol. The van der Waals surface area contributed by atoms with Gasteiger partial charge in [-0.1, -0.05) is 0 Å². The van der Waals surface area contributed by atoms with Crippen molar-refractivity contribution in [2.45, 2.75) is 11.9 Å². The Labute approximate surface area is 53.2 Å². The van der Waals surface area contributed by atoms with Gasteiger partial charge in [0.15, 0.2) is 0 Å². The Hall–Kier alpha value is -0.0951. The van der Waals surface area contributed by atoms with Crippen LogP contribution in [0.4, 0.5) is 0 Å². The fourth-order valence-electron chi connectivity index (χ4n) is 0.844. The van der Waals surface area contributed by atoms with Crippen LogP contribution in [0.2, 0.25) is 5.82 Å². The van der Waals surface area contributed by atoms with Gasteiger partial charge in [0.25, 0.3) is 0 Å². The van der Waals surface area contributed by atoms with Gasteiger partial charge in [-0.25, -0.2) is 0 Å². The third-order valence-electron chi connectivity index (χ3n) is 1.48. The molecule has 1 aliphatic rings. The van der Waals surface area contributed by atoms with E-state index in [-0.39, 0.29) is 13.2 Å². The molecule has 0 spiro atoms. The highest BCUT2D eigenvalue weighted by atomic mass is 16.5. The van der Waals surface area contributed by atoms with Crippen molar-refractivity contribution in [2.75, 3.05) is 13.2 Å². The summed E-state index contributed by atoms with van der Waals surface area (Å²) in [6, 6.07) is 0. The molecule has 4 nitrogen and oxygen atoms in total. The molecular weight excluding hydrogens is 123 g/mol. The first-order chi connectivity index (χ1) is 4.22. The van der Waals surface area contributed by atoms with E-state index in [1.807, 2.05) is 0 Å². The molecule has 0 aromatic heterocycles. The zero-order valence-electron chi connectivity index (χ0n) is 4.90. The van der Waals surface area contributed by atoms with Crippen LogP contribution in [-0.2, 0) is 4.74 Å². The van der Waals surface area contributed by atoms with Gasteiger partial charge in [-0.05, 0) is 0 Å². The number of rotatable bonds is 1. The molecule has 1 fully saturated rings. The van der Waals surface area contributed by atoms with Crippen LogP contribution in [-0.4, -0.2) is 41.6 Å². The summed E-state index contributed by atoms with van der Waals surface area (Å²) in [6.45, 7) is 0.446. The average molecular weight is 132 g/mol. The van der Waals surface area contributed by atoms with Crippen molar-refractivity contribution in [2.24, 2.45) is 0 Å². The molecule has 0 amide bonds. The molecule has 9 heavy (non-hydrogen) atoms. The number of aliphatic hydroxyl groups excluding tert-OH is 1. The Balaban J connectivity index is 2.40. The first-order valence-corrected chi connectivity index (χ1v) is 2.84. The summed E-state index contributed by atoms with van der Waals surface area (Å²) in [5, 5.41) is 26.0.